The molecule has 2 saturated heterocycles. The number of sulfone groups is 1. The minimum absolute atomic E-state index is 0.0232. The zero-order valence-corrected chi connectivity index (χ0v) is 19.0. The number of hydrogen-bond acceptors (Lipinski definition) is 7. The van der Waals surface area contributed by atoms with Gasteiger partial charge < -0.3 is 9.47 Å². The summed E-state index contributed by atoms with van der Waals surface area (Å²) in [4.78, 5) is 14.8. The minimum atomic E-state index is -3.09. The lowest BCUT2D eigenvalue weighted by atomic mass is 10.1. The molecule has 2 aliphatic rings. The second kappa shape index (κ2) is 9.49. The molecule has 2 heterocycles. The molecule has 0 saturated carbocycles. The fourth-order valence-corrected chi connectivity index (χ4v) is 6.45. The lowest BCUT2D eigenvalue weighted by molar-refractivity contribution is -0.123. The van der Waals surface area contributed by atoms with Crippen LogP contribution in [0.2, 0.25) is 0 Å². The third kappa shape index (κ3) is 5.32. The van der Waals surface area contributed by atoms with Crippen molar-refractivity contribution in [2.45, 2.75) is 38.6 Å². The van der Waals surface area contributed by atoms with E-state index in [1.165, 1.54) is 16.7 Å². The average molecular weight is 456 g/mol. The molecule has 1 unspecified atom stereocenters. The van der Waals surface area contributed by atoms with Crippen LogP contribution in [-0.4, -0.2) is 54.8 Å². The summed E-state index contributed by atoms with van der Waals surface area (Å²) >= 11 is 6.55. The molecular weight excluding hydrogens is 430 g/mol. The molecule has 2 aliphatic heterocycles. The van der Waals surface area contributed by atoms with E-state index in [0.717, 1.165) is 24.8 Å². The molecule has 0 bridgehead atoms. The highest BCUT2D eigenvalue weighted by molar-refractivity contribution is 8.26. The van der Waals surface area contributed by atoms with Gasteiger partial charge in [-0.25, -0.2) is 8.42 Å². The van der Waals surface area contributed by atoms with Gasteiger partial charge in [0.2, 0.25) is 0 Å². The summed E-state index contributed by atoms with van der Waals surface area (Å²) in [5, 5.41) is 0. The van der Waals surface area contributed by atoms with Crippen molar-refractivity contribution in [3.63, 3.8) is 0 Å². The summed E-state index contributed by atoms with van der Waals surface area (Å²) in [6.07, 6.45) is 5.42. The van der Waals surface area contributed by atoms with E-state index in [0.29, 0.717) is 33.8 Å². The molecule has 1 amide bonds. The summed E-state index contributed by atoms with van der Waals surface area (Å²) in [5.74, 6) is 1.12. The molecule has 9 heteroatoms. The fraction of sp³-hybridized carbons (Fsp3) is 0.500. The number of methoxy groups -OCH3 is 1. The Bertz CT molecular complexity index is 926. The van der Waals surface area contributed by atoms with E-state index in [4.69, 9.17) is 21.7 Å². The summed E-state index contributed by atoms with van der Waals surface area (Å²) < 4.78 is 35.2. The predicted octanol–water partition coefficient (Wildman–Crippen LogP) is 3.65. The zero-order valence-electron chi connectivity index (χ0n) is 16.5. The van der Waals surface area contributed by atoms with Crippen molar-refractivity contribution < 1.29 is 22.7 Å². The monoisotopic (exact) mass is 455 g/mol. The zero-order chi connectivity index (χ0) is 21.0. The molecule has 2 fully saturated rings. The van der Waals surface area contributed by atoms with E-state index >= 15 is 0 Å². The van der Waals surface area contributed by atoms with E-state index in [1.807, 2.05) is 18.2 Å². The van der Waals surface area contributed by atoms with E-state index in [1.54, 1.807) is 13.2 Å². The highest BCUT2D eigenvalue weighted by Gasteiger charge is 2.42. The van der Waals surface area contributed by atoms with Crippen molar-refractivity contribution in [2.24, 2.45) is 0 Å². The van der Waals surface area contributed by atoms with Crippen LogP contribution in [0.5, 0.6) is 11.5 Å². The summed E-state index contributed by atoms with van der Waals surface area (Å²) in [7, 11) is -1.51. The lowest BCUT2D eigenvalue weighted by Gasteiger charge is -2.20. The molecule has 29 heavy (non-hydrogen) atoms. The fourth-order valence-electron chi connectivity index (χ4n) is 3.35. The Morgan fingerprint density at radius 2 is 2.10 bits per heavy atom. The number of unbranched alkanes of at least 4 members (excludes halogenated alkanes) is 2. The van der Waals surface area contributed by atoms with Crippen LogP contribution in [0.15, 0.2) is 23.1 Å². The number of thioether (sulfide) groups is 1. The largest absolute Gasteiger partial charge is 0.493 e. The normalized spacial score (nSPS) is 22.5. The van der Waals surface area contributed by atoms with Crippen molar-refractivity contribution >= 4 is 50.1 Å². The van der Waals surface area contributed by atoms with Gasteiger partial charge in [-0.2, -0.15) is 0 Å². The summed E-state index contributed by atoms with van der Waals surface area (Å²) in [6, 6.07) is 5.15. The number of nitrogens with zero attached hydrogens (tertiary/aromatic N) is 1. The second-order valence-corrected chi connectivity index (χ2v) is 11.0. The molecule has 0 N–H and O–H groups in total. The van der Waals surface area contributed by atoms with Gasteiger partial charge in [0.15, 0.2) is 21.3 Å². The molecule has 6 nitrogen and oxygen atoms in total. The van der Waals surface area contributed by atoms with E-state index in [2.05, 4.69) is 6.92 Å². The van der Waals surface area contributed by atoms with Crippen LogP contribution in [0.25, 0.3) is 6.08 Å². The van der Waals surface area contributed by atoms with Gasteiger partial charge in [0.1, 0.15) is 4.32 Å². The van der Waals surface area contributed by atoms with Crippen LogP contribution < -0.4 is 9.47 Å². The molecule has 0 radical (unpaired) electrons. The van der Waals surface area contributed by atoms with Gasteiger partial charge in [-0.1, -0.05) is 49.8 Å². The highest BCUT2D eigenvalue weighted by Crippen LogP contribution is 2.37. The second-order valence-electron chi connectivity index (χ2n) is 7.07. The number of ether oxygens (including phenoxy) is 2. The Kier molecular flexibility index (Phi) is 7.23. The molecule has 158 valence electrons. The van der Waals surface area contributed by atoms with E-state index in [9.17, 15) is 13.2 Å². The SMILES string of the molecule is CCCCCOc1ccc(/C=C2\SC(=S)N(C3CCS(=O)(=O)C3)C2=O)cc1OC. The van der Waals surface area contributed by atoms with E-state index < -0.39 is 9.84 Å². The van der Waals surface area contributed by atoms with Crippen LogP contribution in [-0.2, 0) is 14.6 Å². The Labute approximate surface area is 181 Å². The molecule has 0 aliphatic carbocycles. The number of rotatable bonds is 8. The Balaban J connectivity index is 1.74. The number of carbonyl (C=O) groups excluding carboxylic acids is 1. The third-order valence-electron chi connectivity index (χ3n) is 4.89. The molecular formula is C20H25NO5S3. The van der Waals surface area contributed by atoms with Crippen molar-refractivity contribution in [3.8, 4) is 11.5 Å². The Hall–Kier alpha value is -1.58. The smallest absolute Gasteiger partial charge is 0.266 e. The maximum Gasteiger partial charge on any atom is 0.266 e. The number of carbonyl (C=O) groups is 1. The van der Waals surface area contributed by atoms with Gasteiger partial charge in [0, 0.05) is 0 Å². The van der Waals surface area contributed by atoms with Gasteiger partial charge in [-0.15, -0.1) is 0 Å². The first-order valence-corrected chi connectivity index (χ1v) is 12.7. The van der Waals surface area contributed by atoms with Gasteiger partial charge >= 0.3 is 0 Å². The van der Waals surface area contributed by atoms with Crippen molar-refractivity contribution in [2.75, 3.05) is 25.2 Å². The minimum Gasteiger partial charge on any atom is -0.493 e. The van der Waals surface area contributed by atoms with Gasteiger partial charge in [-0.3, -0.25) is 9.69 Å². The first-order valence-electron chi connectivity index (χ1n) is 9.63. The van der Waals surface area contributed by atoms with Gasteiger partial charge in [0.05, 0.1) is 36.2 Å². The van der Waals surface area contributed by atoms with Gasteiger partial charge in [-0.05, 0) is 36.6 Å². The topological polar surface area (TPSA) is 72.9 Å². The van der Waals surface area contributed by atoms with Crippen molar-refractivity contribution in [1.82, 2.24) is 4.90 Å². The molecule has 3 rings (SSSR count). The Morgan fingerprint density at radius 3 is 2.76 bits per heavy atom. The standard InChI is InChI=1S/C20H25NO5S3/c1-3-4-5-9-26-16-7-6-14(11-17(16)25-2)12-18-19(22)21(20(27)28-18)15-8-10-29(23,24)13-15/h6-7,11-12,15H,3-5,8-10,13H2,1-2H3/b18-12-. The lowest BCUT2D eigenvalue weighted by Crippen LogP contribution is -2.39. The number of benzene rings is 1. The van der Waals surface area contributed by atoms with E-state index in [-0.39, 0.29) is 23.5 Å². The maximum absolute atomic E-state index is 12.8. The molecule has 1 atom stereocenters. The first kappa shape index (κ1) is 22.1. The number of thiocarbonyl (C=S) groups is 1. The first-order chi connectivity index (χ1) is 13.8. The van der Waals surface area contributed by atoms with Gasteiger partial charge in [0.25, 0.3) is 5.91 Å². The molecule has 0 spiro atoms. The molecule has 1 aromatic carbocycles. The maximum atomic E-state index is 12.8. The predicted molar refractivity (Wildman–Crippen MR) is 120 cm³/mol. The van der Waals surface area contributed by atoms with Crippen LogP contribution >= 0.6 is 24.0 Å². The molecule has 0 aromatic heterocycles. The average Bonchev–Trinajstić information content (AvgIpc) is 3.17. The quantitative estimate of drug-likeness (QED) is 0.336. The van der Waals surface area contributed by atoms with Crippen molar-refractivity contribution in [3.05, 3.63) is 28.7 Å². The number of hydrogen-bond donors (Lipinski definition) is 0. The van der Waals surface area contributed by atoms with Crippen LogP contribution in [0.3, 0.4) is 0 Å². The summed E-state index contributed by atoms with van der Waals surface area (Å²) in [5.41, 5.74) is 0.794. The highest BCUT2D eigenvalue weighted by atomic mass is 32.2. The third-order valence-corrected chi connectivity index (χ3v) is 7.97. The summed E-state index contributed by atoms with van der Waals surface area (Å²) in [6.45, 7) is 2.77. The Morgan fingerprint density at radius 1 is 1.31 bits per heavy atom. The molecule has 1 aromatic rings. The number of amides is 1. The van der Waals surface area contributed by atoms with Crippen molar-refractivity contribution in [1.29, 1.82) is 0 Å². The van der Waals surface area contributed by atoms with Crippen LogP contribution in [0.4, 0.5) is 0 Å². The van der Waals surface area contributed by atoms with Crippen LogP contribution in [0, 0.1) is 0 Å². The van der Waals surface area contributed by atoms with Crippen LogP contribution in [0.1, 0.15) is 38.2 Å².